The zero-order valence-corrected chi connectivity index (χ0v) is 14.9. The van der Waals surface area contributed by atoms with Crippen molar-refractivity contribution in [1.82, 2.24) is 15.3 Å². The summed E-state index contributed by atoms with van der Waals surface area (Å²) in [5.41, 5.74) is 0.559. The van der Waals surface area contributed by atoms with Crippen molar-refractivity contribution in [2.24, 2.45) is 0 Å². The van der Waals surface area contributed by atoms with Crippen molar-refractivity contribution in [2.75, 3.05) is 37.5 Å². The lowest BCUT2D eigenvalue weighted by Crippen LogP contribution is -2.49. The molecule has 8 heteroatoms. The highest BCUT2D eigenvalue weighted by Crippen LogP contribution is 2.28. The molecule has 26 heavy (non-hydrogen) atoms. The molecule has 1 atom stereocenters. The van der Waals surface area contributed by atoms with Crippen LogP contribution in [0.2, 0.25) is 0 Å². The first kappa shape index (κ1) is 17.8. The van der Waals surface area contributed by atoms with Crippen LogP contribution >= 0.6 is 0 Å². The maximum absolute atomic E-state index is 12.4. The van der Waals surface area contributed by atoms with E-state index in [-0.39, 0.29) is 12.1 Å². The van der Waals surface area contributed by atoms with Gasteiger partial charge in [0.15, 0.2) is 0 Å². The Hall–Kier alpha value is -3.03. The van der Waals surface area contributed by atoms with Gasteiger partial charge in [0.1, 0.15) is 11.5 Å². The number of hydrogen-bond donors (Lipinski definition) is 2. The average Bonchev–Trinajstić information content (AvgIpc) is 2.68. The molecule has 2 aromatic rings. The SMILES string of the molecule is COc1ccc(OC)c(NC(=O)N[C@@H]2CCCN(c3ncccn3)C2)c1. The number of piperidine rings is 1. The molecule has 1 aliphatic rings. The smallest absolute Gasteiger partial charge is 0.319 e. The zero-order chi connectivity index (χ0) is 18.4. The fraction of sp³-hybridized carbons (Fsp3) is 0.389. The van der Waals surface area contributed by atoms with Gasteiger partial charge in [0, 0.05) is 37.6 Å². The van der Waals surface area contributed by atoms with Gasteiger partial charge in [-0.1, -0.05) is 0 Å². The third-order valence-electron chi connectivity index (χ3n) is 4.25. The number of hydrogen-bond acceptors (Lipinski definition) is 6. The Bertz CT molecular complexity index is 741. The number of carbonyl (C=O) groups is 1. The van der Waals surface area contributed by atoms with Crippen LogP contribution in [0.15, 0.2) is 36.7 Å². The lowest BCUT2D eigenvalue weighted by Gasteiger charge is -2.33. The van der Waals surface area contributed by atoms with E-state index in [4.69, 9.17) is 9.47 Å². The highest BCUT2D eigenvalue weighted by molar-refractivity contribution is 5.91. The van der Waals surface area contributed by atoms with Crippen LogP contribution in [0.4, 0.5) is 16.4 Å². The van der Waals surface area contributed by atoms with Gasteiger partial charge in [0.2, 0.25) is 5.95 Å². The van der Waals surface area contributed by atoms with Crippen LogP contribution in [0.25, 0.3) is 0 Å². The van der Waals surface area contributed by atoms with Gasteiger partial charge >= 0.3 is 6.03 Å². The van der Waals surface area contributed by atoms with Crippen LogP contribution in [-0.4, -0.2) is 49.4 Å². The van der Waals surface area contributed by atoms with E-state index in [9.17, 15) is 4.79 Å². The maximum Gasteiger partial charge on any atom is 0.319 e. The first-order valence-electron chi connectivity index (χ1n) is 8.51. The molecular formula is C18H23N5O3. The Kier molecular flexibility index (Phi) is 5.73. The predicted octanol–water partition coefficient (Wildman–Crippen LogP) is 2.28. The number of benzene rings is 1. The minimum Gasteiger partial charge on any atom is -0.497 e. The third kappa shape index (κ3) is 4.33. The number of amides is 2. The summed E-state index contributed by atoms with van der Waals surface area (Å²) in [5, 5.41) is 5.85. The molecule has 0 unspecified atom stereocenters. The summed E-state index contributed by atoms with van der Waals surface area (Å²) in [6.45, 7) is 1.56. The highest BCUT2D eigenvalue weighted by atomic mass is 16.5. The third-order valence-corrected chi connectivity index (χ3v) is 4.25. The molecule has 1 fully saturated rings. The molecule has 1 saturated heterocycles. The number of methoxy groups -OCH3 is 2. The molecule has 0 bridgehead atoms. The highest BCUT2D eigenvalue weighted by Gasteiger charge is 2.23. The van der Waals surface area contributed by atoms with E-state index in [2.05, 4.69) is 25.5 Å². The predicted molar refractivity (Wildman–Crippen MR) is 99.0 cm³/mol. The van der Waals surface area contributed by atoms with Crippen molar-refractivity contribution in [3.05, 3.63) is 36.7 Å². The summed E-state index contributed by atoms with van der Waals surface area (Å²) in [6, 6.07) is 6.79. The second-order valence-corrected chi connectivity index (χ2v) is 6.00. The van der Waals surface area contributed by atoms with Crippen LogP contribution in [0, 0.1) is 0 Å². The standard InChI is InChI=1S/C18H23N5O3/c1-25-14-6-7-16(26-2)15(11-14)22-18(24)21-13-5-3-10-23(12-13)17-19-8-4-9-20-17/h4,6-9,11,13H,3,5,10,12H2,1-2H3,(H2,21,22,24)/t13-/m1/s1. The zero-order valence-electron chi connectivity index (χ0n) is 14.9. The lowest BCUT2D eigenvalue weighted by molar-refractivity contribution is 0.246. The molecule has 2 N–H and O–H groups in total. The Balaban J connectivity index is 1.61. The van der Waals surface area contributed by atoms with Crippen molar-refractivity contribution in [1.29, 1.82) is 0 Å². The molecule has 0 radical (unpaired) electrons. The van der Waals surface area contributed by atoms with Gasteiger partial charge in [0.05, 0.1) is 19.9 Å². The molecule has 2 heterocycles. The minimum absolute atomic E-state index is 0.0177. The van der Waals surface area contributed by atoms with Crippen molar-refractivity contribution in [3.63, 3.8) is 0 Å². The lowest BCUT2D eigenvalue weighted by atomic mass is 10.1. The number of rotatable bonds is 5. The summed E-state index contributed by atoms with van der Waals surface area (Å²) in [7, 11) is 3.14. The van der Waals surface area contributed by atoms with E-state index >= 15 is 0 Å². The summed E-state index contributed by atoms with van der Waals surface area (Å²) < 4.78 is 10.5. The second kappa shape index (κ2) is 8.37. The van der Waals surface area contributed by atoms with Crippen LogP contribution in [-0.2, 0) is 0 Å². The van der Waals surface area contributed by atoms with Gasteiger partial charge in [0.25, 0.3) is 0 Å². The Morgan fingerprint density at radius 1 is 1.23 bits per heavy atom. The number of aromatic nitrogens is 2. The van der Waals surface area contributed by atoms with E-state index in [1.807, 2.05) is 0 Å². The van der Waals surface area contributed by atoms with Gasteiger partial charge in [-0.05, 0) is 31.0 Å². The fourth-order valence-corrected chi connectivity index (χ4v) is 2.99. The average molecular weight is 357 g/mol. The van der Waals surface area contributed by atoms with Crippen molar-refractivity contribution in [2.45, 2.75) is 18.9 Å². The second-order valence-electron chi connectivity index (χ2n) is 6.00. The van der Waals surface area contributed by atoms with E-state index in [1.54, 1.807) is 50.9 Å². The summed E-state index contributed by atoms with van der Waals surface area (Å²) in [6.07, 6.45) is 5.32. The quantitative estimate of drug-likeness (QED) is 0.853. The molecule has 0 aliphatic carbocycles. The van der Waals surface area contributed by atoms with E-state index in [0.717, 1.165) is 19.4 Å². The van der Waals surface area contributed by atoms with E-state index in [0.29, 0.717) is 29.7 Å². The number of carbonyl (C=O) groups excluding carboxylic acids is 1. The maximum atomic E-state index is 12.4. The van der Waals surface area contributed by atoms with Gasteiger partial charge < -0.3 is 25.0 Å². The van der Waals surface area contributed by atoms with Crippen LogP contribution in [0.5, 0.6) is 11.5 Å². The van der Waals surface area contributed by atoms with Crippen molar-refractivity contribution in [3.8, 4) is 11.5 Å². The van der Waals surface area contributed by atoms with E-state index < -0.39 is 0 Å². The number of anilines is 2. The van der Waals surface area contributed by atoms with Crippen LogP contribution < -0.4 is 25.0 Å². The molecule has 1 aromatic heterocycles. The Labute approximate surface area is 152 Å². The number of nitrogens with one attached hydrogen (secondary N) is 2. The molecule has 2 amide bonds. The topological polar surface area (TPSA) is 88.6 Å². The van der Waals surface area contributed by atoms with Gasteiger partial charge in [-0.15, -0.1) is 0 Å². The van der Waals surface area contributed by atoms with Gasteiger partial charge in [-0.3, -0.25) is 0 Å². The molecule has 1 aromatic carbocycles. The van der Waals surface area contributed by atoms with Crippen molar-refractivity contribution >= 4 is 17.7 Å². The largest absolute Gasteiger partial charge is 0.497 e. The van der Waals surface area contributed by atoms with Crippen molar-refractivity contribution < 1.29 is 14.3 Å². The summed E-state index contributed by atoms with van der Waals surface area (Å²) in [4.78, 5) is 23.1. The molecule has 138 valence electrons. The normalized spacial score (nSPS) is 16.7. The minimum atomic E-state index is -0.280. The first-order valence-corrected chi connectivity index (χ1v) is 8.51. The fourth-order valence-electron chi connectivity index (χ4n) is 2.99. The number of nitrogens with zero attached hydrogens (tertiary/aromatic N) is 3. The molecule has 1 aliphatic heterocycles. The summed E-state index contributed by atoms with van der Waals surface area (Å²) in [5.74, 6) is 1.91. The molecule has 8 nitrogen and oxygen atoms in total. The Morgan fingerprint density at radius 2 is 2.04 bits per heavy atom. The summed E-state index contributed by atoms with van der Waals surface area (Å²) >= 11 is 0. The Morgan fingerprint density at radius 3 is 2.77 bits per heavy atom. The molecule has 0 saturated carbocycles. The molecule has 3 rings (SSSR count). The number of ether oxygens (including phenoxy) is 2. The first-order chi connectivity index (χ1) is 12.7. The van der Waals surface area contributed by atoms with Crippen LogP contribution in [0.1, 0.15) is 12.8 Å². The number of urea groups is 1. The van der Waals surface area contributed by atoms with Gasteiger partial charge in [-0.25, -0.2) is 14.8 Å². The monoisotopic (exact) mass is 357 g/mol. The van der Waals surface area contributed by atoms with E-state index in [1.165, 1.54) is 0 Å². The van der Waals surface area contributed by atoms with Crippen LogP contribution in [0.3, 0.4) is 0 Å². The van der Waals surface area contributed by atoms with Gasteiger partial charge in [-0.2, -0.15) is 0 Å². The molecule has 0 spiro atoms. The molecular weight excluding hydrogens is 334 g/mol.